The number of carbonyl (C=O) groups is 2. The molecule has 0 unspecified atom stereocenters. The van der Waals surface area contributed by atoms with Crippen LogP contribution >= 0.6 is 11.6 Å². The Morgan fingerprint density at radius 1 is 1.21 bits per heavy atom. The van der Waals surface area contributed by atoms with Gasteiger partial charge in [0.2, 0.25) is 17.6 Å². The number of hydrogen-bond acceptors (Lipinski definition) is 6. The van der Waals surface area contributed by atoms with Gasteiger partial charge in [-0.3, -0.25) is 19.7 Å². The fraction of sp³-hybridized carbons (Fsp3) is 0.118. The average Bonchev–Trinajstić information content (AvgIpc) is 2.64. The first-order valence-corrected chi connectivity index (χ1v) is 8.18. The lowest BCUT2D eigenvalue weighted by Gasteiger charge is -2.05. The number of phenolic OH excluding ortho intramolecular Hbond substituents is 1. The SMILES string of the molecule is O=C(CCC(=O)Nc1ccc(F)cc1)N/N=C/c1cc(Cl)cc([N+](=O)[O-])c1O. The molecule has 0 aliphatic rings. The highest BCUT2D eigenvalue weighted by Crippen LogP contribution is 2.32. The standard InChI is InChI=1S/C17H14ClFN4O5/c18-11-7-10(17(26)14(8-11)23(27)28)9-20-22-16(25)6-5-15(24)21-13-3-1-12(19)2-4-13/h1-4,7-9,26H,5-6H2,(H,21,24)(H,22,25)/b20-9+. The summed E-state index contributed by atoms with van der Waals surface area (Å²) in [5, 5.41) is 26.7. The number of aromatic hydroxyl groups is 1. The molecule has 2 aromatic rings. The quantitative estimate of drug-likeness (QED) is 0.368. The van der Waals surface area contributed by atoms with Crippen molar-refractivity contribution in [1.82, 2.24) is 5.43 Å². The Labute approximate surface area is 163 Å². The molecule has 146 valence electrons. The molecule has 2 aromatic carbocycles. The van der Waals surface area contributed by atoms with E-state index >= 15 is 0 Å². The van der Waals surface area contributed by atoms with E-state index in [1.54, 1.807) is 0 Å². The monoisotopic (exact) mass is 408 g/mol. The summed E-state index contributed by atoms with van der Waals surface area (Å²) in [5.74, 6) is -2.13. The summed E-state index contributed by atoms with van der Waals surface area (Å²) in [6, 6.07) is 7.35. The number of amides is 2. The van der Waals surface area contributed by atoms with Crippen LogP contribution in [0.15, 0.2) is 41.5 Å². The molecule has 0 aliphatic heterocycles. The Morgan fingerprint density at radius 2 is 1.86 bits per heavy atom. The molecule has 0 saturated carbocycles. The Balaban J connectivity index is 1.86. The number of hydrazone groups is 1. The third kappa shape index (κ3) is 6.02. The first-order valence-electron chi connectivity index (χ1n) is 7.80. The lowest BCUT2D eigenvalue weighted by Crippen LogP contribution is -2.20. The number of rotatable bonds is 7. The second kappa shape index (κ2) is 9.42. The molecule has 0 fully saturated rings. The molecule has 9 nitrogen and oxygen atoms in total. The van der Waals surface area contributed by atoms with Crippen molar-refractivity contribution in [2.24, 2.45) is 5.10 Å². The summed E-state index contributed by atoms with van der Waals surface area (Å²) in [4.78, 5) is 33.5. The van der Waals surface area contributed by atoms with Gasteiger partial charge in [-0.2, -0.15) is 5.10 Å². The Kier molecular flexibility index (Phi) is 6.99. The molecule has 0 aromatic heterocycles. The van der Waals surface area contributed by atoms with Gasteiger partial charge in [0.25, 0.3) is 0 Å². The Morgan fingerprint density at radius 3 is 2.50 bits per heavy atom. The number of phenols is 1. The van der Waals surface area contributed by atoms with Gasteiger partial charge < -0.3 is 10.4 Å². The molecular formula is C17H14ClFN4O5. The van der Waals surface area contributed by atoms with Crippen LogP contribution in [0.5, 0.6) is 5.75 Å². The van der Waals surface area contributed by atoms with Crippen molar-refractivity contribution in [2.45, 2.75) is 12.8 Å². The first kappa shape index (κ1) is 20.8. The smallest absolute Gasteiger partial charge is 0.312 e. The van der Waals surface area contributed by atoms with Gasteiger partial charge in [-0.05, 0) is 30.3 Å². The molecule has 11 heteroatoms. The number of nitrogens with one attached hydrogen (secondary N) is 2. The van der Waals surface area contributed by atoms with E-state index < -0.39 is 34.0 Å². The van der Waals surface area contributed by atoms with Gasteiger partial charge in [-0.25, -0.2) is 9.82 Å². The second-order valence-corrected chi connectivity index (χ2v) is 5.90. The van der Waals surface area contributed by atoms with Crippen LogP contribution in [-0.4, -0.2) is 28.1 Å². The number of halogens is 2. The van der Waals surface area contributed by atoms with E-state index in [1.165, 1.54) is 30.3 Å². The summed E-state index contributed by atoms with van der Waals surface area (Å²) >= 11 is 5.74. The third-order valence-corrected chi connectivity index (χ3v) is 3.60. The number of nitro benzene ring substituents is 1. The molecule has 0 bridgehead atoms. The number of hydrogen-bond donors (Lipinski definition) is 3. The lowest BCUT2D eigenvalue weighted by molar-refractivity contribution is -0.385. The number of nitrogens with zero attached hydrogens (tertiary/aromatic N) is 2. The van der Waals surface area contributed by atoms with Crippen molar-refractivity contribution in [3.8, 4) is 5.75 Å². The minimum absolute atomic E-state index is 0.00902. The van der Waals surface area contributed by atoms with Gasteiger partial charge in [0, 0.05) is 35.2 Å². The van der Waals surface area contributed by atoms with E-state index in [4.69, 9.17) is 11.6 Å². The summed E-state index contributed by atoms with van der Waals surface area (Å²) in [7, 11) is 0. The van der Waals surface area contributed by atoms with Crippen LogP contribution in [0, 0.1) is 15.9 Å². The zero-order valence-corrected chi connectivity index (χ0v) is 14.9. The van der Waals surface area contributed by atoms with Gasteiger partial charge in [0.1, 0.15) is 5.82 Å². The highest BCUT2D eigenvalue weighted by molar-refractivity contribution is 6.31. The first-order chi connectivity index (χ1) is 13.3. The van der Waals surface area contributed by atoms with E-state index in [-0.39, 0.29) is 23.4 Å². The molecule has 0 saturated heterocycles. The van der Waals surface area contributed by atoms with Gasteiger partial charge in [0.15, 0.2) is 0 Å². The predicted molar refractivity (Wildman–Crippen MR) is 99.8 cm³/mol. The summed E-state index contributed by atoms with van der Waals surface area (Å²) in [5.41, 5.74) is 1.86. The van der Waals surface area contributed by atoms with Crippen LogP contribution in [0.2, 0.25) is 5.02 Å². The van der Waals surface area contributed by atoms with Crippen LogP contribution in [0.3, 0.4) is 0 Å². The maximum atomic E-state index is 12.8. The van der Waals surface area contributed by atoms with Crippen LogP contribution in [0.1, 0.15) is 18.4 Å². The largest absolute Gasteiger partial charge is 0.502 e. The molecule has 0 radical (unpaired) electrons. The van der Waals surface area contributed by atoms with Crippen molar-refractivity contribution in [3.63, 3.8) is 0 Å². The normalized spacial score (nSPS) is 10.6. The number of nitro groups is 1. The molecule has 0 aliphatic carbocycles. The predicted octanol–water partition coefficient (Wildman–Crippen LogP) is 2.96. The zero-order valence-electron chi connectivity index (χ0n) is 14.2. The molecular weight excluding hydrogens is 395 g/mol. The topological polar surface area (TPSA) is 134 Å². The van der Waals surface area contributed by atoms with E-state index in [0.29, 0.717) is 5.69 Å². The second-order valence-electron chi connectivity index (χ2n) is 5.47. The fourth-order valence-electron chi connectivity index (χ4n) is 2.06. The van der Waals surface area contributed by atoms with Crippen molar-refractivity contribution < 1.29 is 24.0 Å². The van der Waals surface area contributed by atoms with Gasteiger partial charge in [0.05, 0.1) is 11.1 Å². The minimum atomic E-state index is -0.809. The van der Waals surface area contributed by atoms with Crippen molar-refractivity contribution >= 4 is 41.0 Å². The maximum absolute atomic E-state index is 12.8. The number of benzene rings is 2. The summed E-state index contributed by atoms with van der Waals surface area (Å²) in [6.45, 7) is 0. The van der Waals surface area contributed by atoms with E-state index in [1.807, 2.05) is 0 Å². The Bertz CT molecular complexity index is 934. The molecule has 2 rings (SSSR count). The zero-order chi connectivity index (χ0) is 20.7. The summed E-state index contributed by atoms with van der Waals surface area (Å²) in [6.07, 6.45) is 0.656. The molecule has 0 atom stereocenters. The van der Waals surface area contributed by atoms with Crippen LogP contribution < -0.4 is 10.7 Å². The van der Waals surface area contributed by atoms with Gasteiger partial charge in [-0.15, -0.1) is 0 Å². The summed E-state index contributed by atoms with van der Waals surface area (Å²) < 4.78 is 12.8. The third-order valence-electron chi connectivity index (χ3n) is 3.38. The van der Waals surface area contributed by atoms with Crippen molar-refractivity contribution in [1.29, 1.82) is 0 Å². The van der Waals surface area contributed by atoms with Crippen LogP contribution in [0.4, 0.5) is 15.8 Å². The molecule has 28 heavy (non-hydrogen) atoms. The average molecular weight is 409 g/mol. The highest BCUT2D eigenvalue weighted by Gasteiger charge is 2.17. The van der Waals surface area contributed by atoms with Crippen molar-refractivity contribution in [2.75, 3.05) is 5.32 Å². The maximum Gasteiger partial charge on any atom is 0.312 e. The van der Waals surface area contributed by atoms with E-state index in [9.17, 15) is 29.2 Å². The van der Waals surface area contributed by atoms with E-state index in [2.05, 4.69) is 15.8 Å². The van der Waals surface area contributed by atoms with Gasteiger partial charge in [-0.1, -0.05) is 11.6 Å². The lowest BCUT2D eigenvalue weighted by atomic mass is 10.2. The molecule has 3 N–H and O–H groups in total. The fourth-order valence-corrected chi connectivity index (χ4v) is 2.28. The minimum Gasteiger partial charge on any atom is -0.502 e. The molecule has 0 heterocycles. The van der Waals surface area contributed by atoms with Crippen LogP contribution in [-0.2, 0) is 9.59 Å². The molecule has 2 amide bonds. The van der Waals surface area contributed by atoms with E-state index in [0.717, 1.165) is 12.3 Å². The van der Waals surface area contributed by atoms with Crippen molar-refractivity contribution in [3.05, 3.63) is 62.9 Å². The van der Waals surface area contributed by atoms with Crippen LogP contribution in [0.25, 0.3) is 0 Å². The highest BCUT2D eigenvalue weighted by atomic mass is 35.5. The Hall–Kier alpha value is -3.53. The number of anilines is 1. The molecule has 0 spiro atoms. The van der Waals surface area contributed by atoms with Gasteiger partial charge >= 0.3 is 5.69 Å². The number of carbonyl (C=O) groups excluding carboxylic acids is 2.